The lowest BCUT2D eigenvalue weighted by atomic mass is 10.2. The Hall–Kier alpha value is -2.59. The molecule has 0 saturated carbocycles. The van der Waals surface area contributed by atoms with E-state index in [1.54, 1.807) is 12.1 Å². The van der Waals surface area contributed by atoms with E-state index in [1.165, 1.54) is 0 Å². The van der Waals surface area contributed by atoms with Crippen molar-refractivity contribution in [1.29, 1.82) is 0 Å². The maximum Gasteiger partial charge on any atom is 0.491 e. The number of nitrogens with one attached hydrogen (secondary N) is 1. The number of ether oxygens (including phenoxy) is 2. The van der Waals surface area contributed by atoms with Crippen LogP contribution in [-0.4, -0.2) is 48.3 Å². The van der Waals surface area contributed by atoms with E-state index in [-0.39, 0.29) is 5.88 Å². The molecule has 1 aromatic heterocycles. The number of benzene rings is 1. The monoisotopic (exact) mass is 402 g/mol. The molecule has 1 fully saturated rings. The zero-order valence-corrected chi connectivity index (χ0v) is 14.5. The molecule has 144 valence electrons. The van der Waals surface area contributed by atoms with Crippen LogP contribution in [0, 0.1) is 0 Å². The number of carbonyl (C=O) groups is 1. The summed E-state index contributed by atoms with van der Waals surface area (Å²) in [4.78, 5) is 20.4. The van der Waals surface area contributed by atoms with Gasteiger partial charge in [-0.1, -0.05) is 11.6 Å². The third kappa shape index (κ3) is 4.98. The number of halogens is 4. The van der Waals surface area contributed by atoms with E-state index in [4.69, 9.17) is 16.3 Å². The minimum atomic E-state index is -5.18. The first kappa shape index (κ1) is 19.2. The van der Waals surface area contributed by atoms with Crippen molar-refractivity contribution in [3.05, 3.63) is 35.6 Å². The van der Waals surface area contributed by atoms with Gasteiger partial charge in [-0.2, -0.15) is 18.2 Å². The van der Waals surface area contributed by atoms with Crippen LogP contribution in [0.3, 0.4) is 0 Å². The Morgan fingerprint density at radius 3 is 2.48 bits per heavy atom. The summed E-state index contributed by atoms with van der Waals surface area (Å²) >= 11 is 5.62. The van der Waals surface area contributed by atoms with Crippen LogP contribution in [-0.2, 0) is 4.79 Å². The second-order valence-corrected chi connectivity index (χ2v) is 5.88. The molecule has 0 amide bonds. The number of piperazine rings is 1. The van der Waals surface area contributed by atoms with Gasteiger partial charge in [0.25, 0.3) is 5.88 Å². The molecule has 2 heterocycles. The van der Waals surface area contributed by atoms with Crippen LogP contribution in [0.25, 0.3) is 0 Å². The molecular formula is C16H14ClF3N4O3. The van der Waals surface area contributed by atoms with E-state index in [0.717, 1.165) is 38.1 Å². The Kier molecular flexibility index (Phi) is 5.66. The third-order valence-electron chi connectivity index (χ3n) is 3.64. The van der Waals surface area contributed by atoms with Crippen LogP contribution >= 0.6 is 11.6 Å². The highest BCUT2D eigenvalue weighted by molar-refractivity contribution is 6.30. The molecule has 0 bridgehead atoms. The van der Waals surface area contributed by atoms with Crippen molar-refractivity contribution in [3.8, 4) is 17.5 Å². The molecule has 1 saturated heterocycles. The van der Waals surface area contributed by atoms with Gasteiger partial charge in [-0.15, -0.1) is 0 Å². The van der Waals surface area contributed by atoms with Gasteiger partial charge in [0, 0.05) is 31.9 Å². The summed E-state index contributed by atoms with van der Waals surface area (Å²) < 4.78 is 46.5. The van der Waals surface area contributed by atoms with Crippen LogP contribution in [0.15, 0.2) is 30.5 Å². The molecule has 0 aliphatic carbocycles. The topological polar surface area (TPSA) is 76.6 Å². The predicted molar refractivity (Wildman–Crippen MR) is 90.3 cm³/mol. The quantitative estimate of drug-likeness (QED) is 0.788. The predicted octanol–water partition coefficient (Wildman–Crippen LogP) is 2.80. The number of rotatable bonds is 4. The van der Waals surface area contributed by atoms with Crippen LogP contribution in [0.5, 0.6) is 17.5 Å². The molecule has 11 heteroatoms. The minimum absolute atomic E-state index is 0.167. The summed E-state index contributed by atoms with van der Waals surface area (Å²) in [7, 11) is 0. The number of alkyl halides is 3. The first-order valence-electron chi connectivity index (χ1n) is 7.88. The second-order valence-electron chi connectivity index (χ2n) is 5.52. The van der Waals surface area contributed by atoms with Gasteiger partial charge >= 0.3 is 12.1 Å². The van der Waals surface area contributed by atoms with Crippen molar-refractivity contribution in [2.75, 3.05) is 31.1 Å². The molecule has 3 rings (SSSR count). The third-order valence-corrected chi connectivity index (χ3v) is 3.90. The van der Waals surface area contributed by atoms with E-state index < -0.39 is 23.2 Å². The minimum Gasteiger partial charge on any atom is -0.437 e. The number of hydrogen-bond acceptors (Lipinski definition) is 7. The number of carbonyl (C=O) groups excluding carboxylic acids is 1. The molecule has 0 atom stereocenters. The summed E-state index contributed by atoms with van der Waals surface area (Å²) in [5, 5.41) is 2.77. The molecule has 0 unspecified atom stereocenters. The molecule has 0 spiro atoms. The molecule has 1 aliphatic rings. The van der Waals surface area contributed by atoms with Gasteiger partial charge in [0.2, 0.25) is 5.88 Å². The molecule has 1 N–H and O–H groups in total. The van der Waals surface area contributed by atoms with Gasteiger partial charge in [0.1, 0.15) is 5.75 Å². The fourth-order valence-electron chi connectivity index (χ4n) is 2.37. The highest BCUT2D eigenvalue weighted by Gasteiger charge is 2.42. The summed E-state index contributed by atoms with van der Waals surface area (Å²) in [5.74, 6) is -3.01. The molecule has 27 heavy (non-hydrogen) atoms. The van der Waals surface area contributed by atoms with Gasteiger partial charge < -0.3 is 19.7 Å². The van der Waals surface area contributed by atoms with Crippen LogP contribution in [0.2, 0.25) is 5.15 Å². The first-order valence-corrected chi connectivity index (χ1v) is 8.26. The number of hydrogen-bond donors (Lipinski definition) is 1. The Bertz CT molecular complexity index is 812. The zero-order valence-electron chi connectivity index (χ0n) is 13.8. The fourth-order valence-corrected chi connectivity index (χ4v) is 2.50. The van der Waals surface area contributed by atoms with Gasteiger partial charge in [0.05, 0.1) is 6.20 Å². The Labute approximate surface area is 157 Å². The lowest BCUT2D eigenvalue weighted by Crippen LogP contribution is -2.43. The summed E-state index contributed by atoms with van der Waals surface area (Å²) in [6.07, 6.45) is -4.07. The summed E-state index contributed by atoms with van der Waals surface area (Å²) in [5.41, 5.74) is 1.02. The Morgan fingerprint density at radius 1 is 1.19 bits per heavy atom. The Morgan fingerprint density at radius 2 is 1.85 bits per heavy atom. The smallest absolute Gasteiger partial charge is 0.437 e. The number of aromatic nitrogens is 2. The van der Waals surface area contributed by atoms with Gasteiger partial charge in [-0.25, -0.2) is 9.78 Å². The van der Waals surface area contributed by atoms with E-state index >= 15 is 0 Å². The maximum absolute atomic E-state index is 12.3. The molecule has 0 radical (unpaired) electrons. The normalized spacial score (nSPS) is 14.7. The summed E-state index contributed by atoms with van der Waals surface area (Å²) in [6.45, 7) is 3.57. The van der Waals surface area contributed by atoms with Crippen molar-refractivity contribution in [2.45, 2.75) is 6.18 Å². The fraction of sp³-hybridized carbons (Fsp3) is 0.312. The molecule has 1 aliphatic heterocycles. The molecule has 1 aromatic carbocycles. The highest BCUT2D eigenvalue weighted by atomic mass is 35.5. The molecule has 7 nitrogen and oxygen atoms in total. The van der Waals surface area contributed by atoms with Gasteiger partial charge in [0.15, 0.2) is 5.15 Å². The number of esters is 1. The SMILES string of the molecule is O=C(Oc1nc(Oc2ccc(N3CCNCC3)cc2)cnc1Cl)C(F)(F)F. The van der Waals surface area contributed by atoms with Crippen molar-refractivity contribution < 1.29 is 27.4 Å². The van der Waals surface area contributed by atoms with Gasteiger partial charge in [-0.3, -0.25) is 0 Å². The van der Waals surface area contributed by atoms with E-state index in [0.29, 0.717) is 5.75 Å². The summed E-state index contributed by atoms with van der Waals surface area (Å²) in [6, 6.07) is 7.09. The largest absolute Gasteiger partial charge is 0.491 e. The van der Waals surface area contributed by atoms with Gasteiger partial charge in [-0.05, 0) is 24.3 Å². The van der Waals surface area contributed by atoms with E-state index in [9.17, 15) is 18.0 Å². The van der Waals surface area contributed by atoms with Crippen LogP contribution < -0.4 is 19.7 Å². The van der Waals surface area contributed by atoms with Crippen molar-refractivity contribution in [2.24, 2.45) is 0 Å². The lowest BCUT2D eigenvalue weighted by molar-refractivity contribution is -0.190. The van der Waals surface area contributed by atoms with E-state index in [2.05, 4.69) is 24.9 Å². The zero-order chi connectivity index (χ0) is 19.4. The maximum atomic E-state index is 12.3. The van der Waals surface area contributed by atoms with Crippen molar-refractivity contribution >= 4 is 23.3 Å². The van der Waals surface area contributed by atoms with E-state index in [1.807, 2.05) is 12.1 Å². The van der Waals surface area contributed by atoms with Crippen LogP contribution in [0.1, 0.15) is 0 Å². The van der Waals surface area contributed by atoms with Crippen molar-refractivity contribution in [1.82, 2.24) is 15.3 Å². The standard InChI is InChI=1S/C16H14ClF3N4O3/c17-13-14(27-15(25)16(18,19)20)23-12(9-22-13)26-11-3-1-10(2-4-11)24-7-5-21-6-8-24/h1-4,9,21H,5-8H2. The number of nitrogens with zero attached hydrogens (tertiary/aromatic N) is 3. The lowest BCUT2D eigenvalue weighted by Gasteiger charge is -2.29. The average molecular weight is 403 g/mol. The van der Waals surface area contributed by atoms with Crippen LogP contribution in [0.4, 0.5) is 18.9 Å². The highest BCUT2D eigenvalue weighted by Crippen LogP contribution is 2.28. The first-order chi connectivity index (χ1) is 12.8. The molecule has 2 aromatic rings. The van der Waals surface area contributed by atoms with Crippen molar-refractivity contribution in [3.63, 3.8) is 0 Å². The number of anilines is 1. The second kappa shape index (κ2) is 7.97. The average Bonchev–Trinajstić information content (AvgIpc) is 2.65. The Balaban J connectivity index is 1.70. The molecular weight excluding hydrogens is 389 g/mol.